The van der Waals surface area contributed by atoms with E-state index in [1.807, 2.05) is 82.8 Å². The summed E-state index contributed by atoms with van der Waals surface area (Å²) in [7, 11) is 1.37. The van der Waals surface area contributed by atoms with Crippen molar-refractivity contribution in [3.63, 3.8) is 0 Å². The summed E-state index contributed by atoms with van der Waals surface area (Å²) in [6, 6.07) is 19.5. The average Bonchev–Trinajstić information content (AvgIpc) is 3.19. The van der Waals surface area contributed by atoms with E-state index in [1.54, 1.807) is 12.1 Å². The first kappa shape index (κ1) is 55.1. The number of aromatic nitrogens is 3. The van der Waals surface area contributed by atoms with Crippen LogP contribution in [-0.4, -0.2) is 98.8 Å². The van der Waals surface area contributed by atoms with Gasteiger partial charge in [0, 0.05) is 70.0 Å². The van der Waals surface area contributed by atoms with Gasteiger partial charge in [-0.05, 0) is 132 Å². The zero-order chi connectivity index (χ0) is 51.4. The lowest BCUT2D eigenvalue weighted by Gasteiger charge is -2.31. The molecule has 0 aliphatic carbocycles. The van der Waals surface area contributed by atoms with Crippen molar-refractivity contribution in [1.29, 1.82) is 0 Å². The molecule has 0 saturated heterocycles. The normalized spacial score (nSPS) is 14.6. The van der Waals surface area contributed by atoms with Crippen LogP contribution in [0.4, 0.5) is 4.79 Å². The number of benzene rings is 1. The molecule has 1 amide bonds. The molecular weight excluding hydrogens is 883 g/mol. The highest BCUT2D eigenvalue weighted by molar-refractivity contribution is 5.89. The molecule has 0 unspecified atom stereocenters. The quantitative estimate of drug-likeness (QED) is 0.0697. The van der Waals surface area contributed by atoms with Gasteiger partial charge < -0.3 is 24.3 Å². The monoisotopic (exact) mass is 960 g/mol. The standard InChI is InChI=1S/C56H77N7O7/c1-39-24-43-32-62(37-53(2,3)4)34-46-27-41(17-16-40-18-20-49(21-19-40)68-23-15-22-57-52(66)70-56(11,12)13)26-45(59-46)30-61(36-50(64)69-55(8,9)10)31-47-28-42(51(65)67-14)29-48(60-47)35-63(38-54(5,6)7)33-44(25-39)58-43/h18-21,24-29H,15,22-23,30-38H2,1-14H3,(H,57,66). The van der Waals surface area contributed by atoms with Crippen LogP contribution < -0.4 is 10.1 Å². The highest BCUT2D eigenvalue weighted by Crippen LogP contribution is 2.24. The van der Waals surface area contributed by atoms with Crippen LogP contribution in [0.2, 0.25) is 0 Å². The van der Waals surface area contributed by atoms with Gasteiger partial charge in [-0.2, -0.15) is 0 Å². The molecule has 14 heteroatoms. The molecule has 1 aromatic carbocycles. The van der Waals surface area contributed by atoms with Crippen molar-refractivity contribution in [2.24, 2.45) is 10.8 Å². The Morgan fingerprint density at radius 1 is 0.600 bits per heavy atom. The van der Waals surface area contributed by atoms with E-state index < -0.39 is 29.2 Å². The third-order valence-electron chi connectivity index (χ3n) is 10.3. The van der Waals surface area contributed by atoms with Gasteiger partial charge in [0.05, 0.1) is 60.0 Å². The SMILES string of the molecule is COC(=O)c1cc2nc(c1)CN(CC(C)(C)C)Cc1cc(C)cc(n1)CN(CC(C)(C)C)Cc1cc(C#Cc3ccc(OCCCNC(=O)OC(C)(C)C)cc3)cc(n1)CN(CC(=O)OC(C)(C)C)C2. The minimum atomic E-state index is -0.700. The van der Waals surface area contributed by atoms with E-state index >= 15 is 0 Å². The number of fused-ring (bicyclic) bond motifs is 6. The molecule has 0 spiro atoms. The number of methoxy groups -OCH3 is 1. The third-order valence-corrected chi connectivity index (χ3v) is 10.3. The van der Waals surface area contributed by atoms with Crippen LogP contribution in [0.5, 0.6) is 5.75 Å². The lowest BCUT2D eigenvalue weighted by Crippen LogP contribution is -2.35. The van der Waals surface area contributed by atoms with E-state index in [-0.39, 0.29) is 30.5 Å². The first-order valence-corrected chi connectivity index (χ1v) is 24.3. The molecule has 6 bridgehead atoms. The number of hydrogen-bond donors (Lipinski definition) is 1. The molecule has 70 heavy (non-hydrogen) atoms. The maximum Gasteiger partial charge on any atom is 0.407 e. The van der Waals surface area contributed by atoms with Crippen molar-refractivity contribution in [3.8, 4) is 17.6 Å². The zero-order valence-electron chi connectivity index (χ0n) is 44.3. The van der Waals surface area contributed by atoms with Crippen molar-refractivity contribution < 1.29 is 33.3 Å². The lowest BCUT2D eigenvalue weighted by molar-refractivity contribution is -0.156. The molecule has 14 nitrogen and oxygen atoms in total. The molecule has 1 aliphatic rings. The van der Waals surface area contributed by atoms with Crippen LogP contribution in [0.1, 0.15) is 151 Å². The van der Waals surface area contributed by atoms with Crippen molar-refractivity contribution >= 4 is 18.0 Å². The Morgan fingerprint density at radius 2 is 1.04 bits per heavy atom. The summed E-state index contributed by atoms with van der Waals surface area (Å²) >= 11 is 0. The number of pyridine rings is 3. The van der Waals surface area contributed by atoms with Gasteiger partial charge in [-0.25, -0.2) is 9.59 Å². The van der Waals surface area contributed by atoms with Gasteiger partial charge in [0.15, 0.2) is 0 Å². The van der Waals surface area contributed by atoms with Crippen LogP contribution >= 0.6 is 0 Å². The lowest BCUT2D eigenvalue weighted by atomic mass is 9.95. The highest BCUT2D eigenvalue weighted by Gasteiger charge is 2.25. The van der Waals surface area contributed by atoms with E-state index in [2.05, 4.69) is 87.6 Å². The second kappa shape index (κ2) is 23.8. The van der Waals surface area contributed by atoms with Crippen LogP contribution in [0.15, 0.2) is 60.7 Å². The van der Waals surface area contributed by atoms with Crippen LogP contribution in [-0.2, 0) is 58.3 Å². The number of esters is 2. The molecule has 1 aliphatic heterocycles. The second-order valence-corrected chi connectivity index (χ2v) is 22.8. The number of aryl methyl sites for hydroxylation is 1. The predicted molar refractivity (Wildman–Crippen MR) is 273 cm³/mol. The molecule has 0 saturated carbocycles. The molecule has 5 rings (SSSR count). The Labute approximate surface area is 417 Å². The first-order chi connectivity index (χ1) is 32.6. The smallest absolute Gasteiger partial charge is 0.407 e. The fraction of sp³-hybridized carbons (Fsp3) is 0.536. The Morgan fingerprint density at radius 3 is 1.50 bits per heavy atom. The number of nitrogens with zero attached hydrogens (tertiary/aromatic N) is 6. The van der Waals surface area contributed by atoms with Gasteiger partial charge in [-0.3, -0.25) is 34.4 Å². The number of nitrogens with one attached hydrogen (secondary N) is 1. The summed E-state index contributed by atoms with van der Waals surface area (Å²) in [5.74, 6) is 6.58. The molecule has 4 aromatic rings. The van der Waals surface area contributed by atoms with Crippen molar-refractivity contribution in [1.82, 2.24) is 35.0 Å². The number of carbonyl (C=O) groups is 3. The van der Waals surface area contributed by atoms with Gasteiger partial charge >= 0.3 is 18.0 Å². The molecule has 4 heterocycles. The Hall–Kier alpha value is -5.88. The summed E-state index contributed by atoms with van der Waals surface area (Å²) in [5, 5.41) is 2.76. The summed E-state index contributed by atoms with van der Waals surface area (Å²) in [5.41, 5.74) is 6.50. The average molecular weight is 960 g/mol. The van der Waals surface area contributed by atoms with Crippen LogP contribution in [0.25, 0.3) is 0 Å². The van der Waals surface area contributed by atoms with E-state index in [0.717, 1.165) is 46.9 Å². The summed E-state index contributed by atoms with van der Waals surface area (Å²) < 4.78 is 22.3. The Bertz CT molecular complexity index is 2490. The number of hydrogen-bond acceptors (Lipinski definition) is 13. The van der Waals surface area contributed by atoms with Crippen LogP contribution in [0.3, 0.4) is 0 Å². The molecule has 378 valence electrons. The molecule has 3 aromatic heterocycles. The Balaban J connectivity index is 1.55. The summed E-state index contributed by atoms with van der Waals surface area (Å²) in [6.07, 6.45) is 0.168. The largest absolute Gasteiger partial charge is 0.494 e. The van der Waals surface area contributed by atoms with Gasteiger partial charge in [0.1, 0.15) is 17.0 Å². The topological polar surface area (TPSA) is 149 Å². The van der Waals surface area contributed by atoms with E-state index in [0.29, 0.717) is 74.1 Å². The number of carbonyl (C=O) groups excluding carboxylic acids is 3. The molecule has 0 radical (unpaired) electrons. The predicted octanol–water partition coefficient (Wildman–Crippen LogP) is 9.41. The minimum absolute atomic E-state index is 0.0344. The number of ether oxygens (including phenoxy) is 4. The maximum atomic E-state index is 13.6. The van der Waals surface area contributed by atoms with Gasteiger partial charge in [-0.1, -0.05) is 53.4 Å². The van der Waals surface area contributed by atoms with Crippen LogP contribution in [0, 0.1) is 29.6 Å². The molecule has 1 N–H and O–H groups in total. The molecule has 0 atom stereocenters. The highest BCUT2D eigenvalue weighted by atomic mass is 16.6. The number of amides is 1. The minimum Gasteiger partial charge on any atom is -0.494 e. The van der Waals surface area contributed by atoms with Crippen molar-refractivity contribution in [2.75, 3.05) is 39.9 Å². The number of alkyl carbamates (subject to hydrolysis) is 1. The van der Waals surface area contributed by atoms with Crippen molar-refractivity contribution in [2.45, 2.75) is 147 Å². The third kappa shape index (κ3) is 20.2. The first-order valence-electron chi connectivity index (χ1n) is 24.3. The van der Waals surface area contributed by atoms with Crippen molar-refractivity contribution in [3.05, 3.63) is 117 Å². The number of rotatable bonds is 10. The van der Waals surface area contributed by atoms with E-state index in [9.17, 15) is 14.4 Å². The Kier molecular flexibility index (Phi) is 18.7. The zero-order valence-corrected chi connectivity index (χ0v) is 44.3. The van der Waals surface area contributed by atoms with E-state index in [1.165, 1.54) is 7.11 Å². The van der Waals surface area contributed by atoms with Gasteiger partial charge in [-0.15, -0.1) is 0 Å². The van der Waals surface area contributed by atoms with Gasteiger partial charge in [0.25, 0.3) is 0 Å². The molecular formula is C56H77N7O7. The fourth-order valence-electron chi connectivity index (χ4n) is 8.23. The second-order valence-electron chi connectivity index (χ2n) is 22.8. The molecule has 0 fully saturated rings. The summed E-state index contributed by atoms with van der Waals surface area (Å²) in [4.78, 5) is 61.2. The van der Waals surface area contributed by atoms with E-state index in [4.69, 9.17) is 33.9 Å². The van der Waals surface area contributed by atoms with Gasteiger partial charge in [0.2, 0.25) is 0 Å². The summed E-state index contributed by atoms with van der Waals surface area (Å²) in [6.45, 7) is 31.5. The fourth-order valence-corrected chi connectivity index (χ4v) is 8.23. The maximum absolute atomic E-state index is 13.6.